The topological polar surface area (TPSA) is 74.5 Å². The molecule has 33 heavy (non-hydrogen) atoms. The second kappa shape index (κ2) is 12.0. The van der Waals surface area contributed by atoms with Gasteiger partial charge in [-0.15, -0.1) is 24.0 Å². The number of halogens is 1. The van der Waals surface area contributed by atoms with Crippen LogP contribution in [0.4, 0.5) is 0 Å². The summed E-state index contributed by atoms with van der Waals surface area (Å²) < 4.78 is 2.22. The maximum absolute atomic E-state index is 12.4. The number of benzene rings is 2. The first-order valence-corrected chi connectivity index (χ1v) is 11.3. The predicted octanol–water partition coefficient (Wildman–Crippen LogP) is 3.22. The van der Waals surface area contributed by atoms with Crippen LogP contribution in [0.25, 0.3) is 11.0 Å². The van der Waals surface area contributed by atoms with Crippen LogP contribution in [-0.4, -0.2) is 59.5 Å². The van der Waals surface area contributed by atoms with E-state index in [0.717, 1.165) is 62.0 Å². The highest BCUT2D eigenvalue weighted by Crippen LogP contribution is 2.18. The van der Waals surface area contributed by atoms with E-state index in [-0.39, 0.29) is 29.9 Å². The van der Waals surface area contributed by atoms with E-state index in [1.54, 1.807) is 7.05 Å². The summed E-state index contributed by atoms with van der Waals surface area (Å²) in [5.41, 5.74) is 3.44. The Bertz CT molecular complexity index is 1080. The lowest BCUT2D eigenvalue weighted by Gasteiger charge is -2.18. The molecule has 0 spiro atoms. The Kier molecular flexibility index (Phi) is 9.11. The van der Waals surface area contributed by atoms with Crippen molar-refractivity contribution in [1.29, 1.82) is 0 Å². The van der Waals surface area contributed by atoms with E-state index in [1.165, 1.54) is 5.56 Å². The average Bonchev–Trinajstić information content (AvgIpc) is 3.33. The summed E-state index contributed by atoms with van der Waals surface area (Å²) >= 11 is 0. The molecule has 1 aromatic heterocycles. The largest absolute Gasteiger partial charge is 0.356 e. The molecule has 2 aromatic carbocycles. The zero-order valence-electron chi connectivity index (χ0n) is 19.3. The summed E-state index contributed by atoms with van der Waals surface area (Å²) in [7, 11) is 1.78. The summed E-state index contributed by atoms with van der Waals surface area (Å²) in [5.74, 6) is 2.33. The number of fused-ring (bicyclic) bond motifs is 1. The molecular formula is C25H33IN6O. The molecule has 8 heteroatoms. The number of aryl methyl sites for hydroxylation is 1. The molecule has 1 aliphatic rings. The predicted molar refractivity (Wildman–Crippen MR) is 144 cm³/mol. The van der Waals surface area contributed by atoms with Crippen molar-refractivity contribution in [2.24, 2.45) is 10.9 Å². The van der Waals surface area contributed by atoms with E-state index in [2.05, 4.69) is 43.4 Å². The number of imidazole rings is 1. The molecule has 4 rings (SSSR count). The summed E-state index contributed by atoms with van der Waals surface area (Å²) in [5, 5.41) is 6.78. The van der Waals surface area contributed by atoms with Crippen LogP contribution in [-0.2, 0) is 17.8 Å². The van der Waals surface area contributed by atoms with Gasteiger partial charge in [0.2, 0.25) is 5.91 Å². The molecule has 0 saturated carbocycles. The number of nitrogens with zero attached hydrogens (tertiary/aromatic N) is 4. The molecule has 1 amide bonds. The lowest BCUT2D eigenvalue weighted by atomic mass is 10.1. The Morgan fingerprint density at radius 1 is 1.09 bits per heavy atom. The van der Waals surface area contributed by atoms with Crippen molar-refractivity contribution in [2.75, 3.05) is 33.2 Å². The number of nitrogens with one attached hydrogen (secondary N) is 2. The van der Waals surface area contributed by atoms with Gasteiger partial charge in [-0.05, 0) is 31.0 Å². The molecule has 7 nitrogen and oxygen atoms in total. The first kappa shape index (κ1) is 25.0. The van der Waals surface area contributed by atoms with Crippen molar-refractivity contribution in [3.8, 4) is 0 Å². The lowest BCUT2D eigenvalue weighted by Crippen LogP contribution is -2.41. The highest BCUT2D eigenvalue weighted by molar-refractivity contribution is 14.0. The van der Waals surface area contributed by atoms with Crippen LogP contribution in [0.3, 0.4) is 0 Å². The molecule has 1 atom stereocenters. The number of guanidine groups is 1. The second-order valence-electron chi connectivity index (χ2n) is 8.32. The number of carbonyl (C=O) groups excluding carboxylic acids is 1. The normalized spacial score (nSPS) is 16.2. The fourth-order valence-corrected chi connectivity index (χ4v) is 4.34. The van der Waals surface area contributed by atoms with Gasteiger partial charge in [0.05, 0.1) is 11.0 Å². The minimum atomic E-state index is 0. The number of aliphatic imine (C=N–C) groups is 1. The van der Waals surface area contributed by atoms with Crippen LogP contribution in [0.15, 0.2) is 59.6 Å². The van der Waals surface area contributed by atoms with Gasteiger partial charge in [-0.25, -0.2) is 4.98 Å². The number of carbonyl (C=O) groups is 1. The van der Waals surface area contributed by atoms with Gasteiger partial charge in [-0.1, -0.05) is 42.5 Å². The van der Waals surface area contributed by atoms with Crippen molar-refractivity contribution < 1.29 is 4.79 Å². The summed E-state index contributed by atoms with van der Waals surface area (Å²) in [6.45, 7) is 5.91. The Hall–Kier alpha value is -2.62. The Balaban J connectivity index is 0.00000306. The summed E-state index contributed by atoms with van der Waals surface area (Å²) in [6.07, 6.45) is 1.50. The molecular weight excluding hydrogens is 527 g/mol. The van der Waals surface area contributed by atoms with Crippen molar-refractivity contribution in [1.82, 2.24) is 25.1 Å². The Morgan fingerprint density at radius 2 is 1.85 bits per heavy atom. The monoisotopic (exact) mass is 560 g/mol. The van der Waals surface area contributed by atoms with E-state index in [9.17, 15) is 4.79 Å². The van der Waals surface area contributed by atoms with E-state index in [4.69, 9.17) is 0 Å². The quantitative estimate of drug-likeness (QED) is 0.252. The molecule has 1 fully saturated rings. The number of aromatic nitrogens is 2. The Morgan fingerprint density at radius 3 is 2.64 bits per heavy atom. The molecule has 0 aliphatic carbocycles. The maximum Gasteiger partial charge on any atom is 0.223 e. The molecule has 176 valence electrons. The minimum absolute atomic E-state index is 0. The zero-order chi connectivity index (χ0) is 22.3. The van der Waals surface area contributed by atoms with Crippen molar-refractivity contribution in [3.05, 3.63) is 66.0 Å². The van der Waals surface area contributed by atoms with Crippen LogP contribution in [0.1, 0.15) is 17.8 Å². The van der Waals surface area contributed by atoms with Gasteiger partial charge in [-0.3, -0.25) is 9.79 Å². The number of likely N-dealkylation sites (tertiary alicyclic amines) is 1. The second-order valence-corrected chi connectivity index (χ2v) is 8.32. The molecule has 0 radical (unpaired) electrons. The van der Waals surface area contributed by atoms with Gasteiger partial charge in [0, 0.05) is 52.1 Å². The fraction of sp³-hybridized carbons (Fsp3) is 0.400. The van der Waals surface area contributed by atoms with Gasteiger partial charge in [0.15, 0.2) is 5.96 Å². The zero-order valence-corrected chi connectivity index (χ0v) is 21.7. The molecule has 3 aromatic rings. The van der Waals surface area contributed by atoms with Gasteiger partial charge in [0.1, 0.15) is 5.82 Å². The Labute approximate surface area is 212 Å². The fourth-order valence-electron chi connectivity index (χ4n) is 4.34. The van der Waals surface area contributed by atoms with Gasteiger partial charge >= 0.3 is 0 Å². The van der Waals surface area contributed by atoms with Crippen LogP contribution in [0.5, 0.6) is 0 Å². The number of hydrogen-bond donors (Lipinski definition) is 2. The number of hydrogen-bond acceptors (Lipinski definition) is 3. The van der Waals surface area contributed by atoms with Crippen LogP contribution >= 0.6 is 24.0 Å². The van der Waals surface area contributed by atoms with E-state index < -0.39 is 0 Å². The molecule has 1 unspecified atom stereocenters. The summed E-state index contributed by atoms with van der Waals surface area (Å²) in [6, 6.07) is 18.5. The number of rotatable bonds is 8. The third kappa shape index (κ3) is 6.46. The smallest absolute Gasteiger partial charge is 0.223 e. The lowest BCUT2D eigenvalue weighted by molar-refractivity contribution is -0.127. The molecule has 2 N–H and O–H groups in total. The third-order valence-electron chi connectivity index (χ3n) is 6.06. The van der Waals surface area contributed by atoms with Crippen molar-refractivity contribution in [3.63, 3.8) is 0 Å². The summed E-state index contributed by atoms with van der Waals surface area (Å²) in [4.78, 5) is 23.4. The molecule has 0 bridgehead atoms. The van der Waals surface area contributed by atoms with E-state index >= 15 is 0 Å². The SMILES string of the molecule is CN=C(NCCn1c(C)nc2ccccc21)NCC1CC(=O)N(CCc2ccccc2)C1.I. The highest BCUT2D eigenvalue weighted by atomic mass is 127. The first-order valence-electron chi connectivity index (χ1n) is 11.3. The van der Waals surface area contributed by atoms with E-state index in [0.29, 0.717) is 12.3 Å². The first-order chi connectivity index (χ1) is 15.6. The van der Waals surface area contributed by atoms with Gasteiger partial charge in [-0.2, -0.15) is 0 Å². The molecule has 2 heterocycles. The number of para-hydroxylation sites is 2. The van der Waals surface area contributed by atoms with Gasteiger partial charge in [0.25, 0.3) is 0 Å². The number of amides is 1. The molecule has 1 aliphatic heterocycles. The van der Waals surface area contributed by atoms with Gasteiger partial charge < -0.3 is 20.1 Å². The van der Waals surface area contributed by atoms with Crippen LogP contribution in [0, 0.1) is 12.8 Å². The minimum Gasteiger partial charge on any atom is -0.356 e. The highest BCUT2D eigenvalue weighted by Gasteiger charge is 2.29. The third-order valence-corrected chi connectivity index (χ3v) is 6.06. The average molecular weight is 560 g/mol. The van der Waals surface area contributed by atoms with E-state index in [1.807, 2.05) is 48.2 Å². The van der Waals surface area contributed by atoms with Crippen LogP contribution in [0.2, 0.25) is 0 Å². The standard InChI is InChI=1S/C25H32N6O.HI/c1-19-29-22-10-6-7-11-23(22)31(19)15-13-27-25(26-2)28-17-21-16-24(32)30(18-21)14-12-20-8-4-3-5-9-20;/h3-11,21H,12-18H2,1-2H3,(H2,26,27,28);1H. The van der Waals surface area contributed by atoms with Crippen molar-refractivity contribution >= 4 is 46.9 Å². The maximum atomic E-state index is 12.4. The molecule has 1 saturated heterocycles. The van der Waals surface area contributed by atoms with Crippen molar-refractivity contribution in [2.45, 2.75) is 26.3 Å². The van der Waals surface area contributed by atoms with Crippen LogP contribution < -0.4 is 10.6 Å².